The lowest BCUT2D eigenvalue weighted by Gasteiger charge is -2.36. The van der Waals surface area contributed by atoms with Crippen molar-refractivity contribution in [3.05, 3.63) is 0 Å². The molecule has 6 nitrogen and oxygen atoms in total. The SMILES string of the molecule is CC(S)CNCCOCCOCCOCCN1CCN(C(C)C)CC1. The van der Waals surface area contributed by atoms with Gasteiger partial charge in [0.25, 0.3) is 0 Å². The van der Waals surface area contributed by atoms with Gasteiger partial charge in [-0.15, -0.1) is 0 Å². The van der Waals surface area contributed by atoms with Crippen molar-refractivity contribution in [2.75, 3.05) is 85.5 Å². The van der Waals surface area contributed by atoms with Crippen LogP contribution in [-0.2, 0) is 14.2 Å². The van der Waals surface area contributed by atoms with E-state index < -0.39 is 0 Å². The maximum absolute atomic E-state index is 5.65. The minimum atomic E-state index is 0.382. The van der Waals surface area contributed by atoms with Crippen molar-refractivity contribution >= 4 is 12.6 Å². The molecule has 1 heterocycles. The summed E-state index contributed by atoms with van der Waals surface area (Å²) in [5, 5.41) is 3.66. The summed E-state index contributed by atoms with van der Waals surface area (Å²) in [4.78, 5) is 5.01. The molecule has 1 unspecified atom stereocenters. The van der Waals surface area contributed by atoms with Crippen LogP contribution >= 0.6 is 12.6 Å². The van der Waals surface area contributed by atoms with E-state index in [2.05, 4.69) is 48.5 Å². The molecule has 0 saturated carbocycles. The second-order valence-electron chi connectivity index (χ2n) is 6.86. The molecule has 0 aliphatic carbocycles. The fourth-order valence-corrected chi connectivity index (χ4v) is 2.82. The summed E-state index contributed by atoms with van der Waals surface area (Å²) in [6.45, 7) is 18.1. The number of hydrogen-bond donors (Lipinski definition) is 2. The van der Waals surface area contributed by atoms with E-state index in [9.17, 15) is 0 Å². The van der Waals surface area contributed by atoms with Gasteiger partial charge >= 0.3 is 0 Å². The summed E-state index contributed by atoms with van der Waals surface area (Å²) in [6, 6.07) is 0.660. The largest absolute Gasteiger partial charge is 0.378 e. The fraction of sp³-hybridized carbons (Fsp3) is 1.00. The number of ether oxygens (including phenoxy) is 3. The lowest BCUT2D eigenvalue weighted by molar-refractivity contribution is 0.00762. The highest BCUT2D eigenvalue weighted by molar-refractivity contribution is 7.80. The first-order valence-electron chi connectivity index (χ1n) is 9.68. The first-order chi connectivity index (χ1) is 12.1. The van der Waals surface area contributed by atoms with Gasteiger partial charge in [0.2, 0.25) is 0 Å². The van der Waals surface area contributed by atoms with E-state index in [1.807, 2.05) is 0 Å². The molecule has 0 aromatic rings. The lowest BCUT2D eigenvalue weighted by atomic mass is 10.2. The van der Waals surface area contributed by atoms with Gasteiger partial charge in [0, 0.05) is 57.1 Å². The highest BCUT2D eigenvalue weighted by Crippen LogP contribution is 2.05. The molecule has 0 spiro atoms. The highest BCUT2D eigenvalue weighted by atomic mass is 32.1. The third kappa shape index (κ3) is 13.0. The smallest absolute Gasteiger partial charge is 0.0701 e. The molecule has 0 bridgehead atoms. The monoisotopic (exact) mass is 377 g/mol. The molecule has 1 aliphatic heterocycles. The van der Waals surface area contributed by atoms with Gasteiger partial charge < -0.3 is 19.5 Å². The standard InChI is InChI=1S/C18H39N3O3S/c1-17(2)21-7-5-20(6-8-21)9-11-23-13-15-24-14-12-22-10-4-19-16-18(3)25/h17-19,25H,4-16H2,1-3H3. The van der Waals surface area contributed by atoms with E-state index >= 15 is 0 Å². The summed E-state index contributed by atoms with van der Waals surface area (Å²) >= 11 is 4.31. The second kappa shape index (κ2) is 15.2. The Labute approximate surface area is 160 Å². The Bertz CT molecular complexity index is 301. The van der Waals surface area contributed by atoms with Crippen LogP contribution in [-0.4, -0.2) is 107 Å². The van der Waals surface area contributed by atoms with Crippen molar-refractivity contribution in [2.45, 2.75) is 32.1 Å². The molecule has 1 saturated heterocycles. The average molecular weight is 378 g/mol. The number of nitrogens with one attached hydrogen (secondary N) is 1. The second-order valence-corrected chi connectivity index (χ2v) is 7.74. The summed E-state index contributed by atoms with van der Waals surface area (Å²) in [6.07, 6.45) is 0. The number of rotatable bonds is 15. The Balaban J connectivity index is 1.76. The number of hydrogen-bond acceptors (Lipinski definition) is 7. The highest BCUT2D eigenvalue weighted by Gasteiger charge is 2.17. The molecule has 0 radical (unpaired) electrons. The molecule has 1 atom stereocenters. The van der Waals surface area contributed by atoms with Crippen LogP contribution in [0, 0.1) is 0 Å². The predicted molar refractivity (Wildman–Crippen MR) is 107 cm³/mol. The van der Waals surface area contributed by atoms with Crippen molar-refractivity contribution < 1.29 is 14.2 Å². The van der Waals surface area contributed by atoms with E-state index in [4.69, 9.17) is 14.2 Å². The molecule has 7 heteroatoms. The van der Waals surface area contributed by atoms with Crippen LogP contribution < -0.4 is 5.32 Å². The van der Waals surface area contributed by atoms with E-state index in [0.717, 1.165) is 39.3 Å². The molecular formula is C18H39N3O3S. The Kier molecular flexibility index (Phi) is 14.1. The molecule has 0 amide bonds. The zero-order chi connectivity index (χ0) is 18.3. The quantitative estimate of drug-likeness (QED) is 0.328. The Morgan fingerprint density at radius 1 is 0.840 bits per heavy atom. The third-order valence-corrected chi connectivity index (χ3v) is 4.48. The van der Waals surface area contributed by atoms with Gasteiger partial charge in [-0.25, -0.2) is 0 Å². The summed E-state index contributed by atoms with van der Waals surface area (Å²) in [5.41, 5.74) is 0. The molecule has 150 valence electrons. The normalized spacial score (nSPS) is 18.1. The maximum Gasteiger partial charge on any atom is 0.0701 e. The summed E-state index contributed by atoms with van der Waals surface area (Å²) in [7, 11) is 0. The van der Waals surface area contributed by atoms with Crippen LogP contribution in [0.4, 0.5) is 0 Å². The molecule has 0 aromatic carbocycles. The van der Waals surface area contributed by atoms with E-state index in [-0.39, 0.29) is 0 Å². The van der Waals surface area contributed by atoms with Crippen LogP contribution in [0.5, 0.6) is 0 Å². The minimum Gasteiger partial charge on any atom is -0.378 e. The van der Waals surface area contributed by atoms with E-state index in [0.29, 0.717) is 44.3 Å². The lowest BCUT2D eigenvalue weighted by Crippen LogP contribution is -2.49. The molecule has 0 aromatic heterocycles. The van der Waals surface area contributed by atoms with Gasteiger partial charge in [-0.1, -0.05) is 6.92 Å². The van der Waals surface area contributed by atoms with Gasteiger partial charge in [-0.05, 0) is 13.8 Å². The Morgan fingerprint density at radius 3 is 1.96 bits per heavy atom. The number of nitrogens with zero attached hydrogens (tertiary/aromatic N) is 2. The van der Waals surface area contributed by atoms with Crippen LogP contribution in [0.1, 0.15) is 20.8 Å². The van der Waals surface area contributed by atoms with Gasteiger partial charge in [-0.2, -0.15) is 12.6 Å². The van der Waals surface area contributed by atoms with Crippen molar-refractivity contribution in [1.82, 2.24) is 15.1 Å². The number of thiol groups is 1. The van der Waals surface area contributed by atoms with Crippen LogP contribution in [0.2, 0.25) is 0 Å². The first kappa shape index (κ1) is 23.1. The molecule has 25 heavy (non-hydrogen) atoms. The maximum atomic E-state index is 5.65. The molecule has 1 rings (SSSR count). The summed E-state index contributed by atoms with van der Waals surface area (Å²) in [5.74, 6) is 0. The van der Waals surface area contributed by atoms with Crippen molar-refractivity contribution in [3.63, 3.8) is 0 Å². The predicted octanol–water partition coefficient (Wildman–Crippen LogP) is 0.970. The molecular weight excluding hydrogens is 338 g/mol. The summed E-state index contributed by atoms with van der Waals surface area (Å²) < 4.78 is 16.6. The van der Waals surface area contributed by atoms with Crippen LogP contribution in [0.25, 0.3) is 0 Å². The minimum absolute atomic E-state index is 0.382. The zero-order valence-electron chi connectivity index (χ0n) is 16.4. The molecule has 1 fully saturated rings. The molecule has 1 aliphatic rings. The van der Waals surface area contributed by atoms with Crippen LogP contribution in [0.15, 0.2) is 0 Å². The van der Waals surface area contributed by atoms with Crippen molar-refractivity contribution in [2.24, 2.45) is 0 Å². The first-order valence-corrected chi connectivity index (χ1v) is 10.2. The van der Waals surface area contributed by atoms with E-state index in [1.54, 1.807) is 0 Å². The fourth-order valence-electron chi connectivity index (χ4n) is 2.69. The third-order valence-electron chi connectivity index (χ3n) is 4.30. The topological polar surface area (TPSA) is 46.2 Å². The number of piperazine rings is 1. The van der Waals surface area contributed by atoms with Gasteiger partial charge in [-0.3, -0.25) is 9.80 Å². The van der Waals surface area contributed by atoms with Gasteiger partial charge in [0.05, 0.1) is 39.6 Å². The van der Waals surface area contributed by atoms with E-state index in [1.165, 1.54) is 13.1 Å². The Hall–Kier alpha value is 0.110. The van der Waals surface area contributed by atoms with Gasteiger partial charge in [0.1, 0.15) is 0 Å². The zero-order valence-corrected chi connectivity index (χ0v) is 17.3. The van der Waals surface area contributed by atoms with Crippen molar-refractivity contribution in [1.29, 1.82) is 0 Å². The molecule has 1 N–H and O–H groups in total. The average Bonchev–Trinajstić information content (AvgIpc) is 2.59. The van der Waals surface area contributed by atoms with Crippen LogP contribution in [0.3, 0.4) is 0 Å². The Morgan fingerprint density at radius 2 is 1.40 bits per heavy atom. The van der Waals surface area contributed by atoms with Crippen molar-refractivity contribution in [3.8, 4) is 0 Å². The van der Waals surface area contributed by atoms with Gasteiger partial charge in [0.15, 0.2) is 0 Å².